The molecule has 0 bridgehead atoms. The average molecular weight is 508 g/mol. The highest BCUT2D eigenvalue weighted by molar-refractivity contribution is 7.90. The Hall–Kier alpha value is -3.18. The van der Waals surface area contributed by atoms with Crippen molar-refractivity contribution in [2.75, 3.05) is 6.54 Å². The first-order valence-electron chi connectivity index (χ1n) is 11.0. The molecule has 0 spiro atoms. The number of hydrogen-bond acceptors (Lipinski definition) is 4. The fourth-order valence-corrected chi connectivity index (χ4v) is 4.93. The van der Waals surface area contributed by atoms with Crippen molar-refractivity contribution >= 4 is 26.7 Å². The number of pyridine rings is 1. The molecule has 4 rings (SSSR count). The lowest BCUT2D eigenvalue weighted by atomic mass is 9.93. The Morgan fingerprint density at radius 1 is 1.09 bits per heavy atom. The van der Waals surface area contributed by atoms with E-state index in [4.69, 9.17) is 0 Å². The number of hydrogen-bond donors (Lipinski definition) is 3. The highest BCUT2D eigenvalue weighted by atomic mass is 32.2. The summed E-state index contributed by atoms with van der Waals surface area (Å²) in [6, 6.07) is 10.9. The molecule has 3 aromatic rings. The predicted molar refractivity (Wildman–Crippen MR) is 126 cm³/mol. The lowest BCUT2D eigenvalue weighted by Gasteiger charge is -2.14. The Balaban J connectivity index is 1.62. The number of amides is 1. The van der Waals surface area contributed by atoms with E-state index in [1.165, 1.54) is 24.3 Å². The molecule has 2 aromatic carbocycles. The summed E-state index contributed by atoms with van der Waals surface area (Å²) in [7, 11) is -3.48. The van der Waals surface area contributed by atoms with E-state index in [-0.39, 0.29) is 29.1 Å². The lowest BCUT2D eigenvalue weighted by molar-refractivity contribution is -0.137. The van der Waals surface area contributed by atoms with E-state index in [2.05, 4.69) is 15.0 Å². The summed E-state index contributed by atoms with van der Waals surface area (Å²) in [5.41, 5.74) is -0.952. The standard InChI is InChI=1S/C24H24F3N3O4S/c1-13(2)35(33,34)28-12-16-11-19(22(31)29-16)14-7-8-15-10-21(30-23(32)18(15)9-14)17-5-3-4-6-20(17)24(25,26)27/h3-10,13,16,19,28H,11-12H2,1-2H3,(H,29,31)(H,30,32)/t16?,19-/m1/s1. The van der Waals surface area contributed by atoms with Crippen LogP contribution in [0.15, 0.2) is 53.3 Å². The van der Waals surface area contributed by atoms with Gasteiger partial charge in [0.25, 0.3) is 5.56 Å². The van der Waals surface area contributed by atoms with Crippen molar-refractivity contribution in [1.29, 1.82) is 0 Å². The van der Waals surface area contributed by atoms with Gasteiger partial charge in [0.2, 0.25) is 15.9 Å². The van der Waals surface area contributed by atoms with Crippen LogP contribution in [0, 0.1) is 0 Å². The number of H-pyrrole nitrogens is 1. The minimum Gasteiger partial charge on any atom is -0.351 e. The van der Waals surface area contributed by atoms with E-state index < -0.39 is 44.5 Å². The first kappa shape index (κ1) is 24.9. The number of halogens is 3. The minimum atomic E-state index is -4.58. The zero-order chi connectivity index (χ0) is 25.5. The molecule has 1 unspecified atom stereocenters. The second-order valence-electron chi connectivity index (χ2n) is 8.84. The van der Waals surface area contributed by atoms with Crippen molar-refractivity contribution in [3.05, 3.63) is 70.0 Å². The smallest absolute Gasteiger partial charge is 0.351 e. The van der Waals surface area contributed by atoms with Gasteiger partial charge in [0.1, 0.15) is 0 Å². The molecular formula is C24H24F3N3O4S. The van der Waals surface area contributed by atoms with Gasteiger partial charge in [-0.05, 0) is 49.4 Å². The second-order valence-corrected chi connectivity index (χ2v) is 11.2. The Morgan fingerprint density at radius 3 is 2.49 bits per heavy atom. The summed E-state index contributed by atoms with van der Waals surface area (Å²) in [5.74, 6) is -0.872. The van der Waals surface area contributed by atoms with Gasteiger partial charge >= 0.3 is 6.18 Å². The fourth-order valence-electron chi connectivity index (χ4n) is 4.16. The van der Waals surface area contributed by atoms with E-state index in [1.54, 1.807) is 32.0 Å². The number of benzene rings is 2. The van der Waals surface area contributed by atoms with Crippen LogP contribution >= 0.6 is 0 Å². The lowest BCUT2D eigenvalue weighted by Crippen LogP contribution is -2.40. The molecule has 11 heteroatoms. The SMILES string of the molecule is CC(C)S(=O)(=O)NCC1C[C@H](c2ccc3cc(-c4ccccc4C(F)(F)F)[nH]c(=O)c3c2)C(=O)N1. The summed E-state index contributed by atoms with van der Waals surface area (Å²) in [4.78, 5) is 27.9. The summed E-state index contributed by atoms with van der Waals surface area (Å²) < 4.78 is 66.8. The Kier molecular flexibility index (Phi) is 6.50. The van der Waals surface area contributed by atoms with Crippen molar-refractivity contribution in [2.45, 2.75) is 43.7 Å². The largest absolute Gasteiger partial charge is 0.417 e. The molecule has 1 aromatic heterocycles. The van der Waals surface area contributed by atoms with Crippen molar-refractivity contribution in [3.8, 4) is 11.3 Å². The highest BCUT2D eigenvalue weighted by Gasteiger charge is 2.35. The van der Waals surface area contributed by atoms with Crippen molar-refractivity contribution < 1.29 is 26.4 Å². The molecule has 1 amide bonds. The number of carbonyl (C=O) groups excluding carboxylic acids is 1. The summed E-state index contributed by atoms with van der Waals surface area (Å²) in [6.07, 6.45) is -4.25. The van der Waals surface area contributed by atoms with Gasteiger partial charge in [0.15, 0.2) is 0 Å². The van der Waals surface area contributed by atoms with Gasteiger partial charge in [-0.3, -0.25) is 9.59 Å². The third kappa shape index (κ3) is 5.10. The molecule has 1 aliphatic rings. The van der Waals surface area contributed by atoms with Crippen LogP contribution in [0.4, 0.5) is 13.2 Å². The molecule has 3 N–H and O–H groups in total. The first-order valence-corrected chi connectivity index (χ1v) is 12.5. The van der Waals surface area contributed by atoms with E-state index in [9.17, 15) is 31.2 Å². The maximum Gasteiger partial charge on any atom is 0.417 e. The number of sulfonamides is 1. The number of aromatic amines is 1. The van der Waals surface area contributed by atoms with Crippen molar-refractivity contribution in [1.82, 2.24) is 15.0 Å². The molecule has 1 saturated heterocycles. The third-order valence-electron chi connectivity index (χ3n) is 6.13. The number of aromatic nitrogens is 1. The van der Waals surface area contributed by atoms with Crippen LogP contribution in [0.5, 0.6) is 0 Å². The Bertz CT molecular complexity index is 1450. The zero-order valence-electron chi connectivity index (χ0n) is 18.9. The van der Waals surface area contributed by atoms with Gasteiger partial charge in [-0.25, -0.2) is 13.1 Å². The van der Waals surface area contributed by atoms with Gasteiger partial charge in [-0.15, -0.1) is 0 Å². The normalized spacial score (nSPS) is 18.9. The van der Waals surface area contributed by atoms with Gasteiger partial charge in [0.05, 0.1) is 16.7 Å². The topological polar surface area (TPSA) is 108 Å². The molecule has 0 aliphatic carbocycles. The van der Waals surface area contributed by atoms with E-state index in [0.29, 0.717) is 17.4 Å². The Morgan fingerprint density at radius 2 is 1.80 bits per heavy atom. The maximum atomic E-state index is 13.4. The number of rotatable bonds is 6. The number of fused-ring (bicyclic) bond motifs is 1. The maximum absolute atomic E-state index is 13.4. The summed E-state index contributed by atoms with van der Waals surface area (Å²) in [6.45, 7) is 3.16. The average Bonchev–Trinajstić information content (AvgIpc) is 3.17. The molecule has 2 atom stereocenters. The van der Waals surface area contributed by atoms with Crippen LogP contribution in [0.2, 0.25) is 0 Å². The molecule has 35 heavy (non-hydrogen) atoms. The van der Waals surface area contributed by atoms with E-state index in [0.717, 1.165) is 6.07 Å². The highest BCUT2D eigenvalue weighted by Crippen LogP contribution is 2.37. The molecule has 1 fully saturated rings. The zero-order valence-corrected chi connectivity index (χ0v) is 19.8. The molecule has 0 saturated carbocycles. The van der Waals surface area contributed by atoms with E-state index in [1.807, 2.05) is 0 Å². The fraction of sp³-hybridized carbons (Fsp3) is 0.333. The van der Waals surface area contributed by atoms with E-state index >= 15 is 0 Å². The van der Waals surface area contributed by atoms with Gasteiger partial charge in [0, 0.05) is 29.2 Å². The molecule has 2 heterocycles. The van der Waals surface area contributed by atoms with Crippen LogP contribution in [0.25, 0.3) is 22.0 Å². The van der Waals surface area contributed by atoms with Crippen LogP contribution < -0.4 is 15.6 Å². The van der Waals surface area contributed by atoms with Crippen molar-refractivity contribution in [2.24, 2.45) is 0 Å². The van der Waals surface area contributed by atoms with Gasteiger partial charge in [-0.1, -0.05) is 30.3 Å². The number of nitrogens with one attached hydrogen (secondary N) is 3. The van der Waals surface area contributed by atoms with Crippen molar-refractivity contribution in [3.63, 3.8) is 0 Å². The third-order valence-corrected chi connectivity index (χ3v) is 7.94. The second kappa shape index (κ2) is 9.12. The quantitative estimate of drug-likeness (QED) is 0.475. The van der Waals surface area contributed by atoms with Crippen LogP contribution in [-0.4, -0.2) is 37.1 Å². The molecule has 1 aliphatic heterocycles. The van der Waals surface area contributed by atoms with Crippen LogP contribution in [0.3, 0.4) is 0 Å². The molecule has 186 valence electrons. The van der Waals surface area contributed by atoms with Gasteiger partial charge in [-0.2, -0.15) is 13.2 Å². The minimum absolute atomic E-state index is 0.0410. The number of alkyl halides is 3. The molecule has 0 radical (unpaired) electrons. The van der Waals surface area contributed by atoms with Gasteiger partial charge < -0.3 is 10.3 Å². The summed E-state index contributed by atoms with van der Waals surface area (Å²) >= 11 is 0. The molecular weight excluding hydrogens is 483 g/mol. The first-order chi connectivity index (χ1) is 16.4. The monoisotopic (exact) mass is 507 g/mol. The van der Waals surface area contributed by atoms with Crippen LogP contribution in [-0.2, 0) is 21.0 Å². The molecule has 7 nitrogen and oxygen atoms in total. The summed E-state index contributed by atoms with van der Waals surface area (Å²) in [5, 5.41) is 2.85. The predicted octanol–water partition coefficient (Wildman–Crippen LogP) is 3.51. The Labute approximate surface area is 199 Å². The number of carbonyl (C=O) groups is 1. The van der Waals surface area contributed by atoms with Crippen LogP contribution in [0.1, 0.15) is 37.3 Å².